The highest BCUT2D eigenvalue weighted by molar-refractivity contribution is 6.00. The van der Waals surface area contributed by atoms with Crippen LogP contribution in [0.2, 0.25) is 0 Å². The van der Waals surface area contributed by atoms with Crippen LogP contribution in [-0.4, -0.2) is 48.4 Å². The van der Waals surface area contributed by atoms with E-state index in [-0.39, 0.29) is 17.7 Å². The summed E-state index contributed by atoms with van der Waals surface area (Å²) in [6.45, 7) is 3.68. The number of fused-ring (bicyclic) bond motifs is 4. The molecule has 7 atom stereocenters. The van der Waals surface area contributed by atoms with Crippen LogP contribution in [0.4, 0.5) is 5.69 Å². The van der Waals surface area contributed by atoms with Gasteiger partial charge in [0.1, 0.15) is 23.2 Å². The Balaban J connectivity index is 1.47. The SMILES string of the molecule is COc1ccc(C2CC3(ON2c2ccccc2)C(=O)O[C@@H]2[C@H]3CC[C@H](C)[C@]3(O)C=CC(=O)[C@@]23C)c(OC)c1. The highest BCUT2D eigenvalue weighted by Crippen LogP contribution is 2.62. The molecule has 2 aliphatic heterocycles. The van der Waals surface area contributed by atoms with Crippen LogP contribution >= 0.6 is 0 Å². The standard InChI is InChI=1S/C30H33NO7/c1-18-10-13-22-26(28(2)25(32)14-15-30(18,28)34)37-27(33)29(22)17-23(31(38-29)19-8-6-5-7-9-19)21-12-11-20(35-3)16-24(21)36-4/h5-9,11-12,14-16,18,22-23,26,34H,10,13,17H2,1-4H3/t18-,22+,23?,26+,28-,29?,30+/m0/s1. The average Bonchev–Trinajstić information content (AvgIpc) is 3.53. The number of rotatable bonds is 4. The first-order valence-electron chi connectivity index (χ1n) is 13.1. The van der Waals surface area contributed by atoms with E-state index in [0.717, 1.165) is 11.3 Å². The van der Waals surface area contributed by atoms with Gasteiger partial charge in [0.15, 0.2) is 5.78 Å². The molecule has 2 saturated heterocycles. The smallest absolute Gasteiger partial charge is 0.342 e. The lowest BCUT2D eigenvalue weighted by Crippen LogP contribution is -2.57. The minimum atomic E-state index is -1.40. The van der Waals surface area contributed by atoms with Gasteiger partial charge in [0.2, 0.25) is 5.60 Å². The van der Waals surface area contributed by atoms with Gasteiger partial charge in [-0.15, -0.1) is 0 Å². The van der Waals surface area contributed by atoms with Crippen molar-refractivity contribution >= 4 is 17.4 Å². The minimum absolute atomic E-state index is 0.194. The van der Waals surface area contributed by atoms with Gasteiger partial charge in [0.05, 0.1) is 31.4 Å². The number of allylic oxidation sites excluding steroid dienone is 1. The Bertz CT molecular complexity index is 1310. The number of hydroxylamine groups is 1. The van der Waals surface area contributed by atoms with Crippen LogP contribution in [0.25, 0.3) is 0 Å². The van der Waals surface area contributed by atoms with Crippen LogP contribution in [0.1, 0.15) is 44.7 Å². The molecule has 8 nitrogen and oxygen atoms in total. The first-order valence-corrected chi connectivity index (χ1v) is 13.1. The molecule has 2 aromatic rings. The number of carbonyl (C=O) groups excluding carboxylic acids is 2. The second-order valence-electron chi connectivity index (χ2n) is 11.1. The number of carbonyl (C=O) groups is 2. The fourth-order valence-corrected chi connectivity index (χ4v) is 7.16. The lowest BCUT2D eigenvalue weighted by Gasteiger charge is -2.43. The number of aliphatic hydroxyl groups is 1. The maximum Gasteiger partial charge on any atom is 0.342 e. The summed E-state index contributed by atoms with van der Waals surface area (Å²) in [4.78, 5) is 33.9. The number of ether oxygens (including phenoxy) is 3. The number of anilines is 1. The van der Waals surface area contributed by atoms with Gasteiger partial charge in [0.25, 0.3) is 0 Å². The average molecular weight is 520 g/mol. The fraction of sp³-hybridized carbons (Fsp3) is 0.467. The van der Waals surface area contributed by atoms with E-state index in [1.54, 1.807) is 32.3 Å². The predicted octanol–water partition coefficient (Wildman–Crippen LogP) is 4.17. The van der Waals surface area contributed by atoms with Gasteiger partial charge in [-0.1, -0.05) is 25.1 Å². The van der Waals surface area contributed by atoms with Crippen LogP contribution in [0, 0.1) is 17.3 Å². The van der Waals surface area contributed by atoms with Crippen molar-refractivity contribution in [1.82, 2.24) is 0 Å². The molecule has 0 radical (unpaired) electrons. The van der Waals surface area contributed by atoms with Crippen LogP contribution in [0.3, 0.4) is 0 Å². The van der Waals surface area contributed by atoms with Crippen molar-refractivity contribution in [1.29, 1.82) is 0 Å². The van der Waals surface area contributed by atoms with E-state index in [1.165, 1.54) is 6.08 Å². The Morgan fingerprint density at radius 1 is 1.05 bits per heavy atom. The summed E-state index contributed by atoms with van der Waals surface area (Å²) < 4.78 is 17.2. The molecule has 2 heterocycles. The molecular formula is C30H33NO7. The Kier molecular flexibility index (Phi) is 5.63. The van der Waals surface area contributed by atoms with Crippen LogP contribution in [0.15, 0.2) is 60.7 Å². The van der Waals surface area contributed by atoms with Crippen molar-refractivity contribution in [3.8, 4) is 11.5 Å². The molecule has 0 aromatic heterocycles. The van der Waals surface area contributed by atoms with Crippen LogP contribution < -0.4 is 14.5 Å². The molecule has 38 heavy (non-hydrogen) atoms. The molecular weight excluding hydrogens is 486 g/mol. The van der Waals surface area contributed by atoms with Gasteiger partial charge in [-0.2, -0.15) is 0 Å². The second kappa shape index (κ2) is 8.58. The molecule has 0 bridgehead atoms. The van der Waals surface area contributed by atoms with Gasteiger partial charge >= 0.3 is 5.97 Å². The van der Waals surface area contributed by atoms with E-state index in [4.69, 9.17) is 19.0 Å². The maximum absolute atomic E-state index is 13.9. The summed E-state index contributed by atoms with van der Waals surface area (Å²) >= 11 is 0. The molecule has 6 rings (SSSR count). The van der Waals surface area contributed by atoms with E-state index in [1.807, 2.05) is 55.5 Å². The number of para-hydroxylation sites is 1. The van der Waals surface area contributed by atoms with Crippen molar-refractivity contribution in [3.63, 3.8) is 0 Å². The fourth-order valence-electron chi connectivity index (χ4n) is 7.16. The van der Waals surface area contributed by atoms with E-state index >= 15 is 0 Å². The molecule has 3 fully saturated rings. The molecule has 1 saturated carbocycles. The number of hydrogen-bond donors (Lipinski definition) is 1. The van der Waals surface area contributed by atoms with Crippen molar-refractivity contribution in [3.05, 3.63) is 66.2 Å². The number of esters is 1. The third kappa shape index (κ3) is 3.16. The lowest BCUT2D eigenvalue weighted by molar-refractivity contribution is -0.169. The third-order valence-corrected chi connectivity index (χ3v) is 9.46. The predicted molar refractivity (Wildman–Crippen MR) is 139 cm³/mol. The Morgan fingerprint density at radius 3 is 2.53 bits per heavy atom. The number of nitrogens with zero attached hydrogens (tertiary/aromatic N) is 1. The highest BCUT2D eigenvalue weighted by atomic mass is 16.7. The first kappa shape index (κ1) is 24.9. The van der Waals surface area contributed by atoms with Crippen molar-refractivity contribution in [2.24, 2.45) is 17.3 Å². The molecule has 2 aromatic carbocycles. The number of hydrogen-bond acceptors (Lipinski definition) is 8. The Labute approximate surface area is 222 Å². The molecule has 0 amide bonds. The van der Waals surface area contributed by atoms with Crippen LogP contribution in [-0.2, 0) is 19.2 Å². The molecule has 200 valence electrons. The largest absolute Gasteiger partial charge is 0.497 e. The summed E-state index contributed by atoms with van der Waals surface area (Å²) in [5, 5.41) is 13.5. The van der Waals surface area contributed by atoms with Crippen LogP contribution in [0.5, 0.6) is 11.5 Å². The van der Waals surface area contributed by atoms with Crippen molar-refractivity contribution in [2.75, 3.05) is 19.3 Å². The third-order valence-electron chi connectivity index (χ3n) is 9.46. The molecule has 8 heteroatoms. The van der Waals surface area contributed by atoms with Gasteiger partial charge < -0.3 is 19.3 Å². The van der Waals surface area contributed by atoms with E-state index < -0.39 is 34.6 Å². The minimum Gasteiger partial charge on any atom is -0.497 e. The second-order valence-corrected chi connectivity index (χ2v) is 11.1. The zero-order chi connectivity index (χ0) is 26.9. The van der Waals surface area contributed by atoms with Gasteiger partial charge in [0, 0.05) is 24.0 Å². The van der Waals surface area contributed by atoms with E-state index in [0.29, 0.717) is 30.8 Å². The molecule has 4 aliphatic rings. The maximum atomic E-state index is 13.9. The monoisotopic (exact) mass is 519 g/mol. The summed E-state index contributed by atoms with van der Waals surface area (Å²) in [7, 11) is 3.20. The van der Waals surface area contributed by atoms with Gasteiger partial charge in [-0.3, -0.25) is 9.63 Å². The molecule has 1 N–H and O–H groups in total. The highest BCUT2D eigenvalue weighted by Gasteiger charge is 2.74. The molecule has 2 aliphatic carbocycles. The Hall–Kier alpha value is -3.36. The normalized spacial score (nSPS) is 37.7. The summed E-state index contributed by atoms with van der Waals surface area (Å²) in [6.07, 6.45) is 3.71. The van der Waals surface area contributed by atoms with Gasteiger partial charge in [-0.25, -0.2) is 9.86 Å². The number of methoxy groups -OCH3 is 2. The van der Waals surface area contributed by atoms with Crippen molar-refractivity contribution in [2.45, 2.75) is 56.5 Å². The summed E-state index contributed by atoms with van der Waals surface area (Å²) in [5.74, 6) is -0.0737. The van der Waals surface area contributed by atoms with Crippen molar-refractivity contribution < 1.29 is 33.7 Å². The topological polar surface area (TPSA) is 94.5 Å². The molecule has 2 unspecified atom stereocenters. The zero-order valence-corrected chi connectivity index (χ0v) is 22.0. The number of ketones is 1. The summed E-state index contributed by atoms with van der Waals surface area (Å²) in [6, 6.07) is 14.8. The van der Waals surface area contributed by atoms with Gasteiger partial charge in [-0.05, 0) is 62.1 Å². The quantitative estimate of drug-likeness (QED) is 0.602. The van der Waals surface area contributed by atoms with E-state index in [9.17, 15) is 14.7 Å². The Morgan fingerprint density at radius 2 is 1.82 bits per heavy atom. The number of benzene rings is 2. The molecule has 1 spiro atoms. The van der Waals surface area contributed by atoms with E-state index in [2.05, 4.69) is 0 Å². The zero-order valence-electron chi connectivity index (χ0n) is 22.0. The lowest BCUT2D eigenvalue weighted by atomic mass is 9.63. The summed E-state index contributed by atoms with van der Waals surface area (Å²) in [5.41, 5.74) is -2.39. The first-order chi connectivity index (χ1) is 18.2.